The Labute approximate surface area is 125 Å². The molecule has 0 aliphatic carbocycles. The third-order valence-electron chi connectivity index (χ3n) is 3.37. The number of ketones is 1. The predicted octanol–water partition coefficient (Wildman–Crippen LogP) is 4.96. The Kier molecular flexibility index (Phi) is 8.52. The summed E-state index contributed by atoms with van der Waals surface area (Å²) in [4.78, 5) is 13.9. The van der Waals surface area contributed by atoms with Crippen molar-refractivity contribution in [1.29, 1.82) is 0 Å². The van der Waals surface area contributed by atoms with E-state index >= 15 is 0 Å². The van der Waals surface area contributed by atoms with Gasteiger partial charge in [0.25, 0.3) is 0 Å². The normalized spacial score (nSPS) is 11.5. The van der Waals surface area contributed by atoms with Gasteiger partial charge in [0.2, 0.25) is 0 Å². The van der Waals surface area contributed by atoms with Crippen molar-refractivity contribution in [3.63, 3.8) is 0 Å². The number of rotatable bonds is 10. The molecule has 0 aromatic rings. The fraction of sp³-hybridized carbons (Fsp3) is 0.722. The zero-order valence-electron chi connectivity index (χ0n) is 14.2. The summed E-state index contributed by atoms with van der Waals surface area (Å²) in [7, 11) is 0. The Morgan fingerprint density at radius 1 is 1.20 bits per heavy atom. The number of allylic oxidation sites excluding steroid dienone is 1. The van der Waals surface area contributed by atoms with Gasteiger partial charge < -0.3 is 4.90 Å². The molecule has 2 heteroatoms. The molecule has 0 aliphatic heterocycles. The largest absolute Gasteiger partial charge is 0.367 e. The van der Waals surface area contributed by atoms with Gasteiger partial charge >= 0.3 is 0 Å². The number of unbranched alkanes of at least 4 members (excludes halogenated alkanes) is 2. The lowest BCUT2D eigenvalue weighted by atomic mass is 10.0. The van der Waals surface area contributed by atoms with E-state index in [0.29, 0.717) is 11.7 Å². The van der Waals surface area contributed by atoms with Crippen LogP contribution in [-0.2, 0) is 4.79 Å². The molecule has 0 atom stereocenters. The highest BCUT2D eigenvalue weighted by Crippen LogP contribution is 2.20. The molecule has 0 amide bonds. The Morgan fingerprint density at radius 3 is 2.25 bits per heavy atom. The van der Waals surface area contributed by atoms with E-state index in [1.54, 1.807) is 0 Å². The van der Waals surface area contributed by atoms with Crippen molar-refractivity contribution in [2.24, 2.45) is 5.92 Å². The first-order chi connectivity index (χ1) is 9.18. The van der Waals surface area contributed by atoms with E-state index in [4.69, 9.17) is 0 Å². The summed E-state index contributed by atoms with van der Waals surface area (Å²) in [5, 5.41) is 0. The van der Waals surface area contributed by atoms with Crippen molar-refractivity contribution < 1.29 is 4.79 Å². The first-order valence-electron chi connectivity index (χ1n) is 7.79. The van der Waals surface area contributed by atoms with Crippen LogP contribution in [0.2, 0.25) is 0 Å². The van der Waals surface area contributed by atoms with Gasteiger partial charge in [-0.15, -0.1) is 0 Å². The van der Waals surface area contributed by atoms with Crippen molar-refractivity contribution in [2.75, 3.05) is 6.54 Å². The maximum absolute atomic E-state index is 11.6. The van der Waals surface area contributed by atoms with Gasteiger partial charge in [0.1, 0.15) is 5.78 Å². The number of hydrogen-bond donors (Lipinski definition) is 0. The lowest BCUT2D eigenvalue weighted by Crippen LogP contribution is -2.40. The van der Waals surface area contributed by atoms with Crippen LogP contribution < -0.4 is 0 Å². The summed E-state index contributed by atoms with van der Waals surface area (Å²) in [6, 6.07) is 0. The lowest BCUT2D eigenvalue weighted by Gasteiger charge is -2.38. The summed E-state index contributed by atoms with van der Waals surface area (Å²) in [5.74, 6) is 0.887. The van der Waals surface area contributed by atoms with E-state index in [2.05, 4.69) is 52.7 Å². The van der Waals surface area contributed by atoms with Gasteiger partial charge in [-0.1, -0.05) is 33.4 Å². The second-order valence-corrected chi connectivity index (χ2v) is 6.97. The summed E-state index contributed by atoms with van der Waals surface area (Å²) < 4.78 is 0. The first-order valence-corrected chi connectivity index (χ1v) is 7.79. The number of Topliss-reactive ketones (excluding diaryl/α,β-unsaturated/α-hetero) is 1. The van der Waals surface area contributed by atoms with Crippen molar-refractivity contribution in [3.05, 3.63) is 24.9 Å². The van der Waals surface area contributed by atoms with Crippen LogP contribution in [0.4, 0.5) is 0 Å². The first kappa shape index (κ1) is 18.9. The molecule has 0 bridgehead atoms. The molecular formula is C18H33NO. The maximum atomic E-state index is 11.6. The number of nitrogens with zero attached hydrogens (tertiary/aromatic N) is 1. The van der Waals surface area contributed by atoms with Crippen LogP contribution in [0, 0.1) is 5.92 Å². The molecule has 0 aliphatic rings. The average Bonchev–Trinajstić information content (AvgIpc) is 2.30. The molecule has 0 fully saturated rings. The van der Waals surface area contributed by atoms with E-state index in [-0.39, 0.29) is 5.54 Å². The predicted molar refractivity (Wildman–Crippen MR) is 88.7 cm³/mol. The lowest BCUT2D eigenvalue weighted by molar-refractivity contribution is -0.119. The minimum Gasteiger partial charge on any atom is -0.367 e. The molecule has 0 aromatic carbocycles. The fourth-order valence-corrected chi connectivity index (χ4v) is 2.35. The summed E-state index contributed by atoms with van der Waals surface area (Å²) in [6.45, 7) is 19.6. The minimum absolute atomic E-state index is 0.0682. The van der Waals surface area contributed by atoms with Crippen LogP contribution >= 0.6 is 0 Å². The van der Waals surface area contributed by atoms with Crippen molar-refractivity contribution in [1.82, 2.24) is 4.90 Å². The molecule has 0 saturated carbocycles. The molecule has 0 rings (SSSR count). The van der Waals surface area contributed by atoms with Gasteiger partial charge in [-0.25, -0.2) is 0 Å². The molecule has 0 N–H and O–H groups in total. The van der Waals surface area contributed by atoms with Crippen LogP contribution in [0.1, 0.15) is 66.7 Å². The standard InChI is InChI=1S/C18H33NO/c1-8-16(4)19(18(5,6)7)13-11-9-10-12-17(20)14-15(2)3/h8,15H,1,4,9-14H2,2-3,5-7H3. The Bertz CT molecular complexity index is 323. The smallest absolute Gasteiger partial charge is 0.133 e. The number of carbonyl (C=O) groups is 1. The van der Waals surface area contributed by atoms with Crippen molar-refractivity contribution in [3.8, 4) is 0 Å². The van der Waals surface area contributed by atoms with Gasteiger partial charge in [0.15, 0.2) is 0 Å². The van der Waals surface area contributed by atoms with Crippen LogP contribution in [0.5, 0.6) is 0 Å². The molecule has 0 saturated heterocycles. The average molecular weight is 279 g/mol. The van der Waals surface area contributed by atoms with Gasteiger partial charge in [-0.05, 0) is 45.6 Å². The van der Waals surface area contributed by atoms with Crippen LogP contribution in [-0.4, -0.2) is 22.8 Å². The summed E-state index contributed by atoms with van der Waals surface area (Å²) >= 11 is 0. The molecule has 0 radical (unpaired) electrons. The van der Waals surface area contributed by atoms with Crippen molar-refractivity contribution >= 4 is 5.78 Å². The zero-order chi connectivity index (χ0) is 15.8. The summed E-state index contributed by atoms with van der Waals surface area (Å²) in [6.07, 6.45) is 6.47. The van der Waals surface area contributed by atoms with Crippen LogP contribution in [0.15, 0.2) is 24.9 Å². The second kappa shape index (κ2) is 8.99. The quantitative estimate of drug-likeness (QED) is 0.416. The van der Waals surface area contributed by atoms with Crippen LogP contribution in [0.25, 0.3) is 0 Å². The van der Waals surface area contributed by atoms with E-state index in [0.717, 1.165) is 44.3 Å². The molecular weight excluding hydrogens is 246 g/mol. The van der Waals surface area contributed by atoms with Gasteiger partial charge in [-0.2, -0.15) is 0 Å². The topological polar surface area (TPSA) is 20.3 Å². The molecule has 0 aromatic heterocycles. The van der Waals surface area contributed by atoms with E-state index in [9.17, 15) is 4.79 Å². The molecule has 2 nitrogen and oxygen atoms in total. The highest BCUT2D eigenvalue weighted by Gasteiger charge is 2.20. The monoisotopic (exact) mass is 279 g/mol. The molecule has 116 valence electrons. The Morgan fingerprint density at radius 2 is 1.80 bits per heavy atom. The van der Waals surface area contributed by atoms with E-state index in [1.165, 1.54) is 0 Å². The number of carbonyl (C=O) groups excluding carboxylic acids is 1. The zero-order valence-corrected chi connectivity index (χ0v) is 14.2. The Hall–Kier alpha value is -1.05. The number of hydrogen-bond acceptors (Lipinski definition) is 2. The molecule has 0 spiro atoms. The Balaban J connectivity index is 4.00. The molecule has 20 heavy (non-hydrogen) atoms. The molecule has 0 unspecified atom stereocenters. The fourth-order valence-electron chi connectivity index (χ4n) is 2.35. The van der Waals surface area contributed by atoms with Gasteiger partial charge in [0, 0.05) is 30.6 Å². The summed E-state index contributed by atoms with van der Waals surface area (Å²) in [5.41, 5.74) is 1.05. The van der Waals surface area contributed by atoms with E-state index < -0.39 is 0 Å². The maximum Gasteiger partial charge on any atom is 0.133 e. The second-order valence-electron chi connectivity index (χ2n) is 6.97. The van der Waals surface area contributed by atoms with Gasteiger partial charge in [0.05, 0.1) is 0 Å². The SMILES string of the molecule is C=CC(=C)N(CCCCCC(=O)CC(C)C)C(C)(C)C. The highest BCUT2D eigenvalue weighted by atomic mass is 16.1. The highest BCUT2D eigenvalue weighted by molar-refractivity contribution is 5.78. The third-order valence-corrected chi connectivity index (χ3v) is 3.37. The third kappa shape index (κ3) is 8.19. The van der Waals surface area contributed by atoms with Crippen LogP contribution in [0.3, 0.4) is 0 Å². The minimum atomic E-state index is 0.0682. The molecule has 0 heterocycles. The van der Waals surface area contributed by atoms with Crippen molar-refractivity contribution in [2.45, 2.75) is 72.3 Å². The van der Waals surface area contributed by atoms with Gasteiger partial charge in [-0.3, -0.25) is 4.79 Å². The van der Waals surface area contributed by atoms with E-state index in [1.807, 2.05) is 6.08 Å².